The summed E-state index contributed by atoms with van der Waals surface area (Å²) < 4.78 is 38.6. The first-order valence-electron chi connectivity index (χ1n) is 11.1. The topological polar surface area (TPSA) is 132 Å². The molecule has 5 rings (SSSR count). The van der Waals surface area contributed by atoms with E-state index in [1.807, 2.05) is 0 Å². The zero-order valence-electron chi connectivity index (χ0n) is 18.8. The van der Waals surface area contributed by atoms with Gasteiger partial charge in [-0.25, -0.2) is 8.42 Å². The van der Waals surface area contributed by atoms with Crippen LogP contribution in [0, 0.1) is 0 Å². The average Bonchev–Trinajstić information content (AvgIpc) is 3.59. The number of carbonyl (C=O) groups excluding carboxylic acids is 1. The van der Waals surface area contributed by atoms with Crippen molar-refractivity contribution in [3.8, 4) is 22.9 Å². The van der Waals surface area contributed by atoms with E-state index in [4.69, 9.17) is 20.4 Å². The molecule has 13 heteroatoms. The maximum absolute atomic E-state index is 13.0. The van der Waals surface area contributed by atoms with Gasteiger partial charge in [0.15, 0.2) is 0 Å². The standard InChI is InChI=1S/C23H20ClN5O5S2/c24-17-9-7-15(8-10-17)20-25-27-22(33-20)19(30)14-35-23-28-26-21(34-23)16-5-4-6-18(13-16)36(31,32)29-11-2-1-3-12-29/h4-10,13H,1-3,11-12,14H2. The van der Waals surface area contributed by atoms with Crippen LogP contribution >= 0.6 is 23.4 Å². The van der Waals surface area contributed by atoms with E-state index in [1.54, 1.807) is 42.5 Å². The average molecular weight is 546 g/mol. The first kappa shape index (κ1) is 24.6. The van der Waals surface area contributed by atoms with E-state index in [1.165, 1.54) is 10.4 Å². The Balaban J connectivity index is 1.24. The molecule has 0 bridgehead atoms. The molecule has 36 heavy (non-hydrogen) atoms. The van der Waals surface area contributed by atoms with Crippen LogP contribution < -0.4 is 0 Å². The van der Waals surface area contributed by atoms with E-state index in [0.717, 1.165) is 31.0 Å². The van der Waals surface area contributed by atoms with Gasteiger partial charge >= 0.3 is 0 Å². The third-order valence-electron chi connectivity index (χ3n) is 5.52. The Morgan fingerprint density at radius 2 is 1.64 bits per heavy atom. The predicted molar refractivity (Wildman–Crippen MR) is 132 cm³/mol. The number of hydrogen-bond donors (Lipinski definition) is 0. The molecular formula is C23H20ClN5O5S2. The minimum Gasteiger partial charge on any atom is -0.414 e. The highest BCUT2D eigenvalue weighted by Gasteiger charge is 2.26. The molecule has 1 aliphatic heterocycles. The van der Waals surface area contributed by atoms with Crippen molar-refractivity contribution in [2.75, 3.05) is 18.8 Å². The molecule has 1 fully saturated rings. The molecule has 10 nitrogen and oxygen atoms in total. The lowest BCUT2D eigenvalue weighted by molar-refractivity contribution is 0.0986. The van der Waals surface area contributed by atoms with Crippen molar-refractivity contribution >= 4 is 39.2 Å². The Kier molecular flexibility index (Phi) is 7.19. The Morgan fingerprint density at radius 3 is 2.42 bits per heavy atom. The number of hydrogen-bond acceptors (Lipinski definition) is 10. The van der Waals surface area contributed by atoms with E-state index in [-0.39, 0.29) is 33.5 Å². The summed E-state index contributed by atoms with van der Waals surface area (Å²) in [5.74, 6) is -0.236. The molecule has 0 saturated carbocycles. The lowest BCUT2D eigenvalue weighted by atomic mass is 10.2. The Morgan fingerprint density at radius 1 is 0.917 bits per heavy atom. The number of carbonyl (C=O) groups is 1. The molecule has 0 unspecified atom stereocenters. The summed E-state index contributed by atoms with van der Waals surface area (Å²) in [5.41, 5.74) is 1.12. The van der Waals surface area contributed by atoms with Gasteiger partial charge in [-0.05, 0) is 55.3 Å². The van der Waals surface area contributed by atoms with Crippen molar-refractivity contribution in [2.24, 2.45) is 0 Å². The number of rotatable bonds is 8. The normalized spacial score (nSPS) is 14.7. The molecule has 1 saturated heterocycles. The van der Waals surface area contributed by atoms with Gasteiger partial charge in [0.1, 0.15) is 0 Å². The number of sulfonamides is 1. The molecule has 3 heterocycles. The van der Waals surface area contributed by atoms with Gasteiger partial charge < -0.3 is 8.83 Å². The maximum Gasteiger partial charge on any atom is 0.285 e. The zero-order chi connectivity index (χ0) is 25.1. The Bertz CT molecular complexity index is 1480. The largest absolute Gasteiger partial charge is 0.414 e. The molecule has 0 atom stereocenters. The number of thioether (sulfide) groups is 1. The van der Waals surface area contributed by atoms with Crippen molar-refractivity contribution < 1.29 is 22.0 Å². The van der Waals surface area contributed by atoms with E-state index < -0.39 is 15.8 Å². The Hall–Kier alpha value is -3.06. The van der Waals surface area contributed by atoms with Gasteiger partial charge in [-0.1, -0.05) is 35.9 Å². The highest BCUT2D eigenvalue weighted by atomic mass is 35.5. The SMILES string of the molecule is O=C(CSc1nnc(-c2cccc(S(=O)(=O)N3CCCCC3)c2)o1)c1nnc(-c2ccc(Cl)cc2)o1. The highest BCUT2D eigenvalue weighted by molar-refractivity contribution is 7.99. The van der Waals surface area contributed by atoms with Gasteiger partial charge in [-0.3, -0.25) is 4.79 Å². The van der Waals surface area contributed by atoms with Crippen LogP contribution in [0.15, 0.2) is 67.5 Å². The van der Waals surface area contributed by atoms with E-state index in [9.17, 15) is 13.2 Å². The van der Waals surface area contributed by atoms with Crippen molar-refractivity contribution in [2.45, 2.75) is 29.4 Å². The molecule has 0 N–H and O–H groups in total. The molecule has 186 valence electrons. The molecule has 0 aliphatic carbocycles. The van der Waals surface area contributed by atoms with Crippen molar-refractivity contribution in [1.29, 1.82) is 0 Å². The summed E-state index contributed by atoms with van der Waals surface area (Å²) in [6, 6.07) is 13.2. The quantitative estimate of drug-likeness (QED) is 0.228. The zero-order valence-corrected chi connectivity index (χ0v) is 21.2. The number of ketones is 1. The number of piperidine rings is 1. The van der Waals surface area contributed by atoms with E-state index >= 15 is 0 Å². The van der Waals surface area contributed by atoms with Crippen molar-refractivity contribution in [3.63, 3.8) is 0 Å². The second-order valence-corrected chi connectivity index (χ2v) is 11.3. The second-order valence-electron chi connectivity index (χ2n) is 8.00. The van der Waals surface area contributed by atoms with Crippen LogP contribution in [0.5, 0.6) is 0 Å². The smallest absolute Gasteiger partial charge is 0.285 e. The number of Topliss-reactive ketones (excluding diaryl/α,β-unsaturated/α-hetero) is 1. The highest BCUT2D eigenvalue weighted by Crippen LogP contribution is 2.28. The maximum atomic E-state index is 13.0. The van der Waals surface area contributed by atoms with E-state index in [2.05, 4.69) is 20.4 Å². The van der Waals surface area contributed by atoms with Crippen LogP contribution in [0.2, 0.25) is 5.02 Å². The third-order valence-corrected chi connectivity index (χ3v) is 8.49. The molecule has 4 aromatic rings. The molecular weight excluding hydrogens is 526 g/mol. The Labute approximate surface area is 216 Å². The minimum absolute atomic E-state index is 0.0622. The summed E-state index contributed by atoms with van der Waals surface area (Å²) in [4.78, 5) is 12.7. The van der Waals surface area contributed by atoms with Crippen LogP contribution in [0.1, 0.15) is 29.9 Å². The van der Waals surface area contributed by atoms with Crippen LogP contribution in [0.4, 0.5) is 0 Å². The fourth-order valence-electron chi connectivity index (χ4n) is 3.66. The van der Waals surface area contributed by atoms with Crippen LogP contribution in [-0.4, -0.2) is 57.7 Å². The van der Waals surface area contributed by atoms with E-state index in [0.29, 0.717) is 29.2 Å². The number of halogens is 1. The van der Waals surface area contributed by atoms with Gasteiger partial charge in [0.2, 0.25) is 27.6 Å². The minimum atomic E-state index is -3.59. The van der Waals surface area contributed by atoms with Crippen LogP contribution in [0.25, 0.3) is 22.9 Å². The molecule has 2 aromatic heterocycles. The number of aromatic nitrogens is 4. The van der Waals surface area contributed by atoms with Gasteiger partial charge in [-0.15, -0.1) is 20.4 Å². The summed E-state index contributed by atoms with van der Waals surface area (Å²) in [6.45, 7) is 1.03. The molecule has 0 spiro atoms. The van der Waals surface area contributed by atoms with Gasteiger partial charge in [0, 0.05) is 29.2 Å². The first-order chi connectivity index (χ1) is 17.4. The predicted octanol–water partition coefficient (Wildman–Crippen LogP) is 4.59. The van der Waals surface area contributed by atoms with Crippen molar-refractivity contribution in [3.05, 3.63) is 59.4 Å². The molecule has 1 aliphatic rings. The second kappa shape index (κ2) is 10.5. The molecule has 0 radical (unpaired) electrons. The fraction of sp³-hybridized carbons (Fsp3) is 0.261. The van der Waals surface area contributed by atoms with Crippen LogP contribution in [0.3, 0.4) is 0 Å². The van der Waals surface area contributed by atoms with Gasteiger partial charge in [-0.2, -0.15) is 4.31 Å². The summed E-state index contributed by atoms with van der Waals surface area (Å²) in [5, 5.41) is 16.4. The molecule has 0 amide bonds. The van der Waals surface area contributed by atoms with Gasteiger partial charge in [0.05, 0.1) is 10.6 Å². The number of nitrogens with zero attached hydrogens (tertiary/aromatic N) is 5. The molecule has 2 aromatic carbocycles. The summed E-state index contributed by atoms with van der Waals surface area (Å²) in [7, 11) is -3.59. The first-order valence-corrected chi connectivity index (χ1v) is 13.9. The van der Waals surface area contributed by atoms with Gasteiger partial charge in [0.25, 0.3) is 11.1 Å². The van der Waals surface area contributed by atoms with Crippen LogP contribution in [-0.2, 0) is 10.0 Å². The third kappa shape index (κ3) is 5.36. The van der Waals surface area contributed by atoms with Crippen molar-refractivity contribution in [1.82, 2.24) is 24.7 Å². The number of benzene rings is 2. The fourth-order valence-corrected chi connectivity index (χ4v) is 5.97. The lowest BCUT2D eigenvalue weighted by Gasteiger charge is -2.25. The summed E-state index contributed by atoms with van der Waals surface area (Å²) in [6.07, 6.45) is 2.74. The summed E-state index contributed by atoms with van der Waals surface area (Å²) >= 11 is 6.90. The lowest BCUT2D eigenvalue weighted by Crippen LogP contribution is -2.35. The monoisotopic (exact) mass is 545 g/mol.